The highest BCUT2D eigenvalue weighted by atomic mass is 16.3. The Kier molecular flexibility index (Phi) is 4.18. The number of hydrogen-bond acceptors (Lipinski definition) is 3. The molecule has 0 aliphatic carbocycles. The Hall–Kier alpha value is -1.48. The van der Waals surface area contributed by atoms with Crippen LogP contribution in [-0.2, 0) is 6.54 Å². The maximum absolute atomic E-state index is 9.53. The van der Waals surface area contributed by atoms with Crippen LogP contribution in [0.15, 0.2) is 30.9 Å². The van der Waals surface area contributed by atoms with E-state index in [-0.39, 0.29) is 11.5 Å². The molecule has 3 nitrogen and oxygen atoms in total. The minimum absolute atomic E-state index is 0.0456. The van der Waals surface area contributed by atoms with Crippen LogP contribution in [0.5, 0.6) is 11.5 Å². The Morgan fingerprint density at radius 3 is 2.87 bits per heavy atom. The second-order valence-electron chi connectivity index (χ2n) is 3.59. The van der Waals surface area contributed by atoms with Gasteiger partial charge in [0, 0.05) is 18.2 Å². The molecule has 0 bridgehead atoms. The van der Waals surface area contributed by atoms with Crippen LogP contribution < -0.4 is 5.32 Å². The van der Waals surface area contributed by atoms with Crippen molar-refractivity contribution in [3.05, 3.63) is 36.4 Å². The first kappa shape index (κ1) is 11.6. The predicted molar refractivity (Wildman–Crippen MR) is 60.9 cm³/mol. The van der Waals surface area contributed by atoms with Crippen LogP contribution in [0.2, 0.25) is 0 Å². The normalized spacial score (nSPS) is 12.3. The maximum atomic E-state index is 9.53. The summed E-state index contributed by atoms with van der Waals surface area (Å²) in [5.74, 6) is -0.124. The van der Waals surface area contributed by atoms with Gasteiger partial charge in [0.05, 0.1) is 0 Å². The van der Waals surface area contributed by atoms with Gasteiger partial charge in [-0.25, -0.2) is 0 Å². The first-order chi connectivity index (χ1) is 7.15. The van der Waals surface area contributed by atoms with E-state index in [2.05, 4.69) is 11.9 Å². The van der Waals surface area contributed by atoms with E-state index >= 15 is 0 Å². The quantitative estimate of drug-likeness (QED) is 0.512. The second-order valence-corrected chi connectivity index (χ2v) is 3.59. The van der Waals surface area contributed by atoms with Gasteiger partial charge >= 0.3 is 0 Å². The molecule has 1 atom stereocenters. The standard InChI is InChI=1S/C12H17NO2/c1-3-5-9(2)13-8-10-6-4-7-11(14)12(10)15/h3-4,6-7,9,13-15H,1,5,8H2,2H3. The minimum atomic E-state index is -0.0781. The Balaban J connectivity index is 2.57. The van der Waals surface area contributed by atoms with Gasteiger partial charge in [0.25, 0.3) is 0 Å². The van der Waals surface area contributed by atoms with E-state index in [1.165, 1.54) is 6.07 Å². The topological polar surface area (TPSA) is 52.5 Å². The summed E-state index contributed by atoms with van der Waals surface area (Å²) in [7, 11) is 0. The number of para-hydroxylation sites is 1. The average Bonchev–Trinajstić information content (AvgIpc) is 2.21. The van der Waals surface area contributed by atoms with Crippen molar-refractivity contribution in [3.8, 4) is 11.5 Å². The van der Waals surface area contributed by atoms with Gasteiger partial charge in [-0.2, -0.15) is 0 Å². The van der Waals surface area contributed by atoms with Crippen molar-refractivity contribution in [1.82, 2.24) is 5.32 Å². The van der Waals surface area contributed by atoms with Gasteiger partial charge in [-0.3, -0.25) is 0 Å². The molecule has 0 aliphatic rings. The first-order valence-electron chi connectivity index (χ1n) is 4.99. The molecule has 0 aliphatic heterocycles. The summed E-state index contributed by atoms with van der Waals surface area (Å²) in [5, 5.41) is 22.0. The van der Waals surface area contributed by atoms with Crippen LogP contribution in [0.3, 0.4) is 0 Å². The summed E-state index contributed by atoms with van der Waals surface area (Å²) in [6.45, 7) is 6.24. The number of phenolic OH excluding ortho intramolecular Hbond substituents is 2. The van der Waals surface area contributed by atoms with Crippen molar-refractivity contribution in [1.29, 1.82) is 0 Å². The summed E-state index contributed by atoms with van der Waals surface area (Å²) in [4.78, 5) is 0. The van der Waals surface area contributed by atoms with Gasteiger partial charge in [0.2, 0.25) is 0 Å². The molecule has 3 N–H and O–H groups in total. The summed E-state index contributed by atoms with van der Waals surface area (Å²) in [5.41, 5.74) is 0.700. The van der Waals surface area contributed by atoms with Crippen LogP contribution in [0, 0.1) is 0 Å². The minimum Gasteiger partial charge on any atom is -0.504 e. The van der Waals surface area contributed by atoms with E-state index in [9.17, 15) is 10.2 Å². The molecular formula is C12H17NO2. The molecule has 0 fully saturated rings. The van der Waals surface area contributed by atoms with Gasteiger partial charge in [-0.15, -0.1) is 6.58 Å². The Morgan fingerprint density at radius 1 is 1.47 bits per heavy atom. The van der Waals surface area contributed by atoms with Gasteiger partial charge in [-0.05, 0) is 19.4 Å². The summed E-state index contributed by atoms with van der Waals surface area (Å²) in [6.07, 6.45) is 2.72. The predicted octanol–water partition coefficient (Wildman–Crippen LogP) is 2.15. The van der Waals surface area contributed by atoms with Crippen LogP contribution >= 0.6 is 0 Å². The number of nitrogens with one attached hydrogen (secondary N) is 1. The molecule has 1 unspecified atom stereocenters. The number of rotatable bonds is 5. The van der Waals surface area contributed by atoms with E-state index in [1.54, 1.807) is 12.1 Å². The highest BCUT2D eigenvalue weighted by Crippen LogP contribution is 2.27. The van der Waals surface area contributed by atoms with Crippen LogP contribution in [0.1, 0.15) is 18.9 Å². The number of phenols is 2. The van der Waals surface area contributed by atoms with Gasteiger partial charge in [0.15, 0.2) is 11.5 Å². The monoisotopic (exact) mass is 207 g/mol. The van der Waals surface area contributed by atoms with E-state index in [0.717, 1.165) is 6.42 Å². The largest absolute Gasteiger partial charge is 0.504 e. The summed E-state index contributed by atoms with van der Waals surface area (Å²) < 4.78 is 0. The zero-order valence-electron chi connectivity index (χ0n) is 8.90. The fourth-order valence-corrected chi connectivity index (χ4v) is 1.34. The van der Waals surface area contributed by atoms with Gasteiger partial charge in [-0.1, -0.05) is 18.2 Å². The van der Waals surface area contributed by atoms with E-state index in [4.69, 9.17) is 0 Å². The molecule has 0 spiro atoms. The van der Waals surface area contributed by atoms with Crippen LogP contribution in [-0.4, -0.2) is 16.3 Å². The zero-order valence-corrected chi connectivity index (χ0v) is 8.90. The Bertz CT molecular complexity index is 336. The van der Waals surface area contributed by atoms with Crippen molar-refractivity contribution >= 4 is 0 Å². The fourth-order valence-electron chi connectivity index (χ4n) is 1.34. The SMILES string of the molecule is C=CCC(C)NCc1cccc(O)c1O. The molecule has 0 aromatic heterocycles. The summed E-state index contributed by atoms with van der Waals surface area (Å²) in [6, 6.07) is 5.27. The molecule has 0 saturated carbocycles. The van der Waals surface area contributed by atoms with E-state index in [1.807, 2.05) is 13.0 Å². The molecule has 0 amide bonds. The smallest absolute Gasteiger partial charge is 0.161 e. The third-order valence-electron chi connectivity index (χ3n) is 2.26. The molecule has 0 heterocycles. The van der Waals surface area contributed by atoms with Crippen molar-refractivity contribution in [2.24, 2.45) is 0 Å². The number of aromatic hydroxyl groups is 2. The Morgan fingerprint density at radius 2 is 2.20 bits per heavy atom. The second kappa shape index (κ2) is 5.41. The molecular weight excluding hydrogens is 190 g/mol. The zero-order chi connectivity index (χ0) is 11.3. The maximum Gasteiger partial charge on any atom is 0.161 e. The molecule has 1 aromatic rings. The van der Waals surface area contributed by atoms with E-state index < -0.39 is 0 Å². The van der Waals surface area contributed by atoms with Gasteiger partial charge in [0.1, 0.15) is 0 Å². The molecule has 82 valence electrons. The molecule has 0 saturated heterocycles. The first-order valence-corrected chi connectivity index (χ1v) is 4.99. The lowest BCUT2D eigenvalue weighted by atomic mass is 10.1. The highest BCUT2D eigenvalue weighted by Gasteiger charge is 2.06. The number of benzene rings is 1. The van der Waals surface area contributed by atoms with Crippen molar-refractivity contribution in [3.63, 3.8) is 0 Å². The third-order valence-corrected chi connectivity index (χ3v) is 2.26. The molecule has 0 radical (unpaired) electrons. The van der Waals surface area contributed by atoms with Crippen LogP contribution in [0.4, 0.5) is 0 Å². The number of hydrogen-bond donors (Lipinski definition) is 3. The lowest BCUT2D eigenvalue weighted by molar-refractivity contribution is 0.396. The van der Waals surface area contributed by atoms with Gasteiger partial charge < -0.3 is 15.5 Å². The lowest BCUT2D eigenvalue weighted by Crippen LogP contribution is -2.24. The highest BCUT2D eigenvalue weighted by molar-refractivity contribution is 5.44. The van der Waals surface area contributed by atoms with E-state index in [0.29, 0.717) is 18.2 Å². The van der Waals surface area contributed by atoms with Crippen LogP contribution in [0.25, 0.3) is 0 Å². The molecule has 1 rings (SSSR count). The third kappa shape index (κ3) is 3.29. The fraction of sp³-hybridized carbons (Fsp3) is 0.333. The molecule has 3 heteroatoms. The van der Waals surface area contributed by atoms with Crippen molar-refractivity contribution in [2.75, 3.05) is 0 Å². The molecule has 1 aromatic carbocycles. The lowest BCUT2D eigenvalue weighted by Gasteiger charge is -2.12. The Labute approximate surface area is 90.1 Å². The van der Waals surface area contributed by atoms with Crippen molar-refractivity contribution < 1.29 is 10.2 Å². The molecule has 15 heavy (non-hydrogen) atoms. The van der Waals surface area contributed by atoms with Crippen molar-refractivity contribution in [2.45, 2.75) is 25.9 Å². The summed E-state index contributed by atoms with van der Waals surface area (Å²) >= 11 is 0. The average molecular weight is 207 g/mol.